The van der Waals surface area contributed by atoms with Crippen LogP contribution in [-0.2, 0) is 4.79 Å². The van der Waals surface area contributed by atoms with Crippen molar-refractivity contribution in [2.45, 2.75) is 0 Å². The SMILES string of the molecule is Nc1ncc(C(=O)C=O)cn1. The first-order valence-corrected chi connectivity index (χ1v) is 2.81. The summed E-state index contributed by atoms with van der Waals surface area (Å²) >= 11 is 0. The van der Waals surface area contributed by atoms with Crippen LogP contribution in [0.3, 0.4) is 0 Å². The van der Waals surface area contributed by atoms with Crippen LogP contribution in [0.1, 0.15) is 10.4 Å². The number of nitrogen functional groups attached to an aromatic ring is 1. The van der Waals surface area contributed by atoms with Crippen LogP contribution in [0.2, 0.25) is 0 Å². The molecule has 1 heterocycles. The van der Waals surface area contributed by atoms with Crippen LogP contribution in [0.5, 0.6) is 0 Å². The highest BCUT2D eigenvalue weighted by Crippen LogP contribution is 1.95. The van der Waals surface area contributed by atoms with E-state index in [0.717, 1.165) is 0 Å². The largest absolute Gasteiger partial charge is 0.368 e. The van der Waals surface area contributed by atoms with Crippen molar-refractivity contribution in [3.8, 4) is 0 Å². The topological polar surface area (TPSA) is 85.9 Å². The molecule has 0 aliphatic carbocycles. The van der Waals surface area contributed by atoms with Crippen molar-refractivity contribution >= 4 is 18.0 Å². The molecule has 0 saturated heterocycles. The minimum absolute atomic E-state index is 0.0763. The van der Waals surface area contributed by atoms with Crippen molar-refractivity contribution in [3.05, 3.63) is 18.0 Å². The lowest BCUT2D eigenvalue weighted by atomic mass is 10.2. The highest BCUT2D eigenvalue weighted by Gasteiger charge is 2.03. The van der Waals surface area contributed by atoms with Gasteiger partial charge in [0, 0.05) is 12.4 Å². The second-order valence-corrected chi connectivity index (χ2v) is 1.81. The van der Waals surface area contributed by atoms with Gasteiger partial charge in [0.15, 0.2) is 6.29 Å². The zero-order valence-corrected chi connectivity index (χ0v) is 5.52. The van der Waals surface area contributed by atoms with Crippen LogP contribution in [0.25, 0.3) is 0 Å². The molecule has 1 aromatic rings. The number of rotatable bonds is 2. The third kappa shape index (κ3) is 1.57. The maximum atomic E-state index is 10.6. The molecule has 0 amide bonds. The van der Waals surface area contributed by atoms with Crippen LogP contribution in [0, 0.1) is 0 Å². The van der Waals surface area contributed by atoms with Gasteiger partial charge in [-0.25, -0.2) is 9.97 Å². The maximum absolute atomic E-state index is 10.6. The first kappa shape index (κ1) is 7.33. The van der Waals surface area contributed by atoms with Crippen molar-refractivity contribution in [1.29, 1.82) is 0 Å². The summed E-state index contributed by atoms with van der Waals surface area (Å²) in [7, 11) is 0. The van der Waals surface area contributed by atoms with Gasteiger partial charge in [-0.1, -0.05) is 0 Å². The summed E-state index contributed by atoms with van der Waals surface area (Å²) in [6, 6.07) is 0. The Kier molecular flexibility index (Phi) is 1.91. The number of aldehydes is 1. The molecule has 0 unspecified atom stereocenters. The third-order valence-electron chi connectivity index (χ3n) is 1.06. The van der Waals surface area contributed by atoms with Crippen LogP contribution in [0.4, 0.5) is 5.95 Å². The molecule has 2 N–H and O–H groups in total. The zero-order chi connectivity index (χ0) is 8.27. The predicted octanol–water partition coefficient (Wildman–Crippen LogP) is -0.560. The van der Waals surface area contributed by atoms with Gasteiger partial charge in [0.2, 0.25) is 11.7 Å². The minimum atomic E-state index is -0.648. The molecule has 11 heavy (non-hydrogen) atoms. The van der Waals surface area contributed by atoms with Gasteiger partial charge in [-0.2, -0.15) is 0 Å². The molecular weight excluding hydrogens is 146 g/mol. The highest BCUT2D eigenvalue weighted by molar-refractivity contribution is 6.33. The highest BCUT2D eigenvalue weighted by atomic mass is 16.2. The molecule has 0 aliphatic heterocycles. The van der Waals surface area contributed by atoms with E-state index in [9.17, 15) is 9.59 Å². The predicted molar refractivity (Wildman–Crippen MR) is 36.8 cm³/mol. The van der Waals surface area contributed by atoms with E-state index < -0.39 is 5.78 Å². The number of hydrogen-bond acceptors (Lipinski definition) is 5. The molecule has 0 aromatic carbocycles. The Hall–Kier alpha value is -1.78. The van der Waals surface area contributed by atoms with Crippen molar-refractivity contribution in [1.82, 2.24) is 9.97 Å². The average Bonchev–Trinajstić information content (AvgIpc) is 2.05. The van der Waals surface area contributed by atoms with Gasteiger partial charge in [-0.15, -0.1) is 0 Å². The Morgan fingerprint density at radius 3 is 2.45 bits per heavy atom. The van der Waals surface area contributed by atoms with E-state index >= 15 is 0 Å². The van der Waals surface area contributed by atoms with Gasteiger partial charge in [0.05, 0.1) is 5.56 Å². The Balaban J connectivity index is 2.98. The van der Waals surface area contributed by atoms with Gasteiger partial charge < -0.3 is 5.73 Å². The van der Waals surface area contributed by atoms with Crippen LogP contribution in [0.15, 0.2) is 12.4 Å². The fourth-order valence-electron chi connectivity index (χ4n) is 0.533. The fraction of sp³-hybridized carbons (Fsp3) is 0. The summed E-state index contributed by atoms with van der Waals surface area (Å²) in [6.07, 6.45) is 2.62. The van der Waals surface area contributed by atoms with E-state index in [2.05, 4.69) is 9.97 Å². The molecule has 1 aromatic heterocycles. The van der Waals surface area contributed by atoms with Gasteiger partial charge in [0.25, 0.3) is 0 Å². The molecule has 56 valence electrons. The van der Waals surface area contributed by atoms with Gasteiger partial charge in [-0.05, 0) is 0 Å². The second kappa shape index (κ2) is 2.87. The van der Waals surface area contributed by atoms with Crippen molar-refractivity contribution in [3.63, 3.8) is 0 Å². The van der Waals surface area contributed by atoms with Crippen molar-refractivity contribution in [2.75, 3.05) is 5.73 Å². The van der Waals surface area contributed by atoms with E-state index in [-0.39, 0.29) is 17.8 Å². The normalized spacial score (nSPS) is 9.09. The minimum Gasteiger partial charge on any atom is -0.368 e. The number of aromatic nitrogens is 2. The summed E-state index contributed by atoms with van der Waals surface area (Å²) in [5, 5.41) is 0. The number of carbonyl (C=O) groups is 2. The zero-order valence-electron chi connectivity index (χ0n) is 5.52. The van der Waals surface area contributed by atoms with Crippen LogP contribution >= 0.6 is 0 Å². The third-order valence-corrected chi connectivity index (χ3v) is 1.06. The molecule has 1 rings (SSSR count). The molecular formula is C6H5N3O2. The lowest BCUT2D eigenvalue weighted by Gasteiger charge is -1.91. The molecule has 0 bridgehead atoms. The molecule has 5 heteroatoms. The molecule has 5 nitrogen and oxygen atoms in total. The fourth-order valence-corrected chi connectivity index (χ4v) is 0.533. The number of Topliss-reactive ketones (excluding diaryl/α,β-unsaturated/α-hetero) is 1. The summed E-state index contributed by atoms with van der Waals surface area (Å²) in [6.45, 7) is 0. The Morgan fingerprint density at radius 1 is 1.45 bits per heavy atom. The summed E-state index contributed by atoms with van der Waals surface area (Å²) in [4.78, 5) is 27.7. The Morgan fingerprint density at radius 2 is 2.00 bits per heavy atom. The number of ketones is 1. The van der Waals surface area contributed by atoms with E-state index in [0.29, 0.717) is 0 Å². The standard InChI is InChI=1S/C6H5N3O2/c7-6-8-1-4(2-9-6)5(11)3-10/h1-3H,(H2,7,8,9). The molecule has 0 fully saturated rings. The Labute approximate surface area is 62.3 Å². The second-order valence-electron chi connectivity index (χ2n) is 1.81. The van der Waals surface area contributed by atoms with Crippen LogP contribution in [-0.4, -0.2) is 22.0 Å². The van der Waals surface area contributed by atoms with Crippen molar-refractivity contribution in [2.24, 2.45) is 0 Å². The van der Waals surface area contributed by atoms with E-state index in [1.54, 1.807) is 0 Å². The Bertz CT molecular complexity index is 280. The summed E-state index contributed by atoms with van der Waals surface area (Å²) in [5.74, 6) is -0.572. The first-order valence-electron chi connectivity index (χ1n) is 2.81. The number of anilines is 1. The van der Waals surface area contributed by atoms with Gasteiger partial charge in [0.1, 0.15) is 0 Å². The molecule has 0 spiro atoms. The summed E-state index contributed by atoms with van der Waals surface area (Å²) < 4.78 is 0. The quantitative estimate of drug-likeness (QED) is 0.348. The van der Waals surface area contributed by atoms with E-state index in [4.69, 9.17) is 5.73 Å². The maximum Gasteiger partial charge on any atom is 0.228 e. The molecule has 0 atom stereocenters. The van der Waals surface area contributed by atoms with Gasteiger partial charge >= 0.3 is 0 Å². The first-order chi connectivity index (χ1) is 5.24. The van der Waals surface area contributed by atoms with Gasteiger partial charge in [-0.3, -0.25) is 9.59 Å². The number of nitrogens with two attached hydrogens (primary N) is 1. The lowest BCUT2D eigenvalue weighted by Crippen LogP contribution is -2.03. The van der Waals surface area contributed by atoms with Crippen molar-refractivity contribution < 1.29 is 9.59 Å². The van der Waals surface area contributed by atoms with E-state index in [1.165, 1.54) is 12.4 Å². The number of carbonyl (C=O) groups excluding carboxylic acids is 2. The monoisotopic (exact) mass is 151 g/mol. The molecule has 0 radical (unpaired) electrons. The smallest absolute Gasteiger partial charge is 0.228 e. The summed E-state index contributed by atoms with van der Waals surface area (Å²) in [5.41, 5.74) is 5.29. The molecule has 0 aliphatic rings. The number of nitrogens with zero attached hydrogens (tertiary/aromatic N) is 2. The average molecular weight is 151 g/mol. The van der Waals surface area contributed by atoms with Crippen LogP contribution < -0.4 is 5.73 Å². The molecule has 0 saturated carbocycles. The lowest BCUT2D eigenvalue weighted by molar-refractivity contribution is -0.104. The van der Waals surface area contributed by atoms with E-state index in [1.807, 2.05) is 0 Å². The number of hydrogen-bond donors (Lipinski definition) is 1.